The van der Waals surface area contributed by atoms with Crippen LogP contribution in [0.15, 0.2) is 18.2 Å². The van der Waals surface area contributed by atoms with Crippen molar-refractivity contribution in [1.82, 2.24) is 10.6 Å². The largest absolute Gasteiger partial charge is 0.338 e. The summed E-state index contributed by atoms with van der Waals surface area (Å²) < 4.78 is 13.5. The molecule has 0 spiro atoms. The third kappa shape index (κ3) is 4.42. The van der Waals surface area contributed by atoms with Gasteiger partial charge in [-0.15, -0.1) is 0 Å². The van der Waals surface area contributed by atoms with Crippen molar-refractivity contribution < 1.29 is 9.18 Å². The zero-order valence-corrected chi connectivity index (χ0v) is 10.5. The van der Waals surface area contributed by atoms with Crippen molar-refractivity contribution in [1.29, 1.82) is 5.26 Å². The predicted molar refractivity (Wildman–Crippen MR) is 66.2 cm³/mol. The Kier molecular flexibility index (Phi) is 5.12. The molecule has 18 heavy (non-hydrogen) atoms. The lowest BCUT2D eigenvalue weighted by atomic mass is 10.1. The van der Waals surface area contributed by atoms with E-state index < -0.39 is 5.82 Å². The summed E-state index contributed by atoms with van der Waals surface area (Å²) in [4.78, 5) is 11.4. The highest BCUT2D eigenvalue weighted by molar-refractivity contribution is 5.73. The molecule has 0 bridgehead atoms. The van der Waals surface area contributed by atoms with Crippen molar-refractivity contribution in [2.75, 3.05) is 6.54 Å². The highest BCUT2D eigenvalue weighted by Gasteiger charge is 2.06. The van der Waals surface area contributed by atoms with E-state index >= 15 is 0 Å². The average Bonchev–Trinajstić information content (AvgIpc) is 2.34. The molecule has 0 aliphatic rings. The van der Waals surface area contributed by atoms with Crippen LogP contribution < -0.4 is 10.6 Å². The molecule has 0 unspecified atom stereocenters. The molecule has 0 saturated heterocycles. The number of amides is 2. The van der Waals surface area contributed by atoms with Crippen LogP contribution in [0.2, 0.25) is 0 Å². The van der Waals surface area contributed by atoms with E-state index in [-0.39, 0.29) is 18.1 Å². The molecule has 96 valence electrons. The Morgan fingerprint density at radius 1 is 1.44 bits per heavy atom. The zero-order chi connectivity index (χ0) is 13.5. The van der Waals surface area contributed by atoms with E-state index in [4.69, 9.17) is 5.26 Å². The van der Waals surface area contributed by atoms with E-state index in [2.05, 4.69) is 10.6 Å². The van der Waals surface area contributed by atoms with Gasteiger partial charge >= 0.3 is 6.03 Å². The van der Waals surface area contributed by atoms with Crippen LogP contribution in [-0.2, 0) is 6.54 Å². The lowest BCUT2D eigenvalue weighted by Crippen LogP contribution is -2.37. The van der Waals surface area contributed by atoms with Gasteiger partial charge < -0.3 is 10.6 Å². The first kappa shape index (κ1) is 14.0. The minimum Gasteiger partial charge on any atom is -0.338 e. The lowest BCUT2D eigenvalue weighted by molar-refractivity contribution is 0.239. The van der Waals surface area contributed by atoms with E-state index in [1.165, 1.54) is 12.1 Å². The number of halogens is 1. The SMILES string of the molecule is CC(C)CNC(=O)NCc1ccc(C#N)cc1F. The molecule has 0 atom stereocenters. The Morgan fingerprint density at radius 2 is 2.17 bits per heavy atom. The topological polar surface area (TPSA) is 64.9 Å². The molecular formula is C13H16FN3O. The summed E-state index contributed by atoms with van der Waals surface area (Å²) in [6.07, 6.45) is 0. The van der Waals surface area contributed by atoms with Crippen molar-refractivity contribution in [2.24, 2.45) is 5.92 Å². The summed E-state index contributed by atoms with van der Waals surface area (Å²) in [5.41, 5.74) is 0.620. The van der Waals surface area contributed by atoms with Gasteiger partial charge in [0.15, 0.2) is 0 Å². The van der Waals surface area contributed by atoms with Crippen molar-refractivity contribution in [3.05, 3.63) is 35.1 Å². The van der Waals surface area contributed by atoms with Gasteiger partial charge in [0, 0.05) is 18.7 Å². The number of rotatable bonds is 4. The fourth-order valence-electron chi connectivity index (χ4n) is 1.30. The summed E-state index contributed by atoms with van der Waals surface area (Å²) in [6.45, 7) is 4.64. The van der Waals surface area contributed by atoms with Crippen LogP contribution in [0.4, 0.5) is 9.18 Å². The molecule has 5 heteroatoms. The minimum atomic E-state index is -0.488. The minimum absolute atomic E-state index is 0.0987. The molecule has 0 aliphatic heterocycles. The number of benzene rings is 1. The van der Waals surface area contributed by atoms with E-state index in [0.717, 1.165) is 6.07 Å². The van der Waals surface area contributed by atoms with E-state index in [1.807, 2.05) is 19.9 Å². The molecule has 0 saturated carbocycles. The Balaban J connectivity index is 2.49. The fraction of sp³-hybridized carbons (Fsp3) is 0.385. The molecule has 1 rings (SSSR count). The second-order valence-corrected chi connectivity index (χ2v) is 4.38. The third-order valence-corrected chi connectivity index (χ3v) is 2.29. The summed E-state index contributed by atoms with van der Waals surface area (Å²) in [6, 6.07) is 5.70. The van der Waals surface area contributed by atoms with Crippen molar-refractivity contribution in [3.63, 3.8) is 0 Å². The summed E-state index contributed by atoms with van der Waals surface area (Å²) in [5.74, 6) is -0.124. The fourth-order valence-corrected chi connectivity index (χ4v) is 1.30. The number of hydrogen-bond acceptors (Lipinski definition) is 2. The van der Waals surface area contributed by atoms with Gasteiger partial charge in [0.25, 0.3) is 0 Å². The maximum Gasteiger partial charge on any atom is 0.315 e. The molecule has 2 N–H and O–H groups in total. The molecule has 0 fully saturated rings. The second-order valence-electron chi connectivity index (χ2n) is 4.38. The molecule has 0 heterocycles. The second kappa shape index (κ2) is 6.60. The van der Waals surface area contributed by atoms with Crippen molar-refractivity contribution in [3.8, 4) is 6.07 Å². The number of carbonyl (C=O) groups is 1. The quantitative estimate of drug-likeness (QED) is 0.858. The normalized spacial score (nSPS) is 9.94. The smallest absolute Gasteiger partial charge is 0.315 e. The van der Waals surface area contributed by atoms with Gasteiger partial charge in [-0.05, 0) is 18.1 Å². The first-order valence-corrected chi connectivity index (χ1v) is 5.73. The third-order valence-electron chi connectivity index (χ3n) is 2.29. The Bertz CT molecular complexity index is 466. The molecule has 0 aromatic heterocycles. The Hall–Kier alpha value is -2.09. The molecule has 0 radical (unpaired) electrons. The van der Waals surface area contributed by atoms with Crippen molar-refractivity contribution >= 4 is 6.03 Å². The number of carbonyl (C=O) groups excluding carboxylic acids is 1. The predicted octanol–water partition coefficient (Wildman–Crippen LogP) is 2.15. The van der Waals surface area contributed by atoms with Gasteiger partial charge in [-0.3, -0.25) is 0 Å². The Morgan fingerprint density at radius 3 is 2.72 bits per heavy atom. The van der Waals surface area contributed by atoms with Gasteiger partial charge in [0.1, 0.15) is 5.82 Å². The summed E-state index contributed by atoms with van der Waals surface area (Å²) in [7, 11) is 0. The lowest BCUT2D eigenvalue weighted by Gasteiger charge is -2.09. The van der Waals surface area contributed by atoms with Gasteiger partial charge in [0.2, 0.25) is 0 Å². The average molecular weight is 249 g/mol. The van der Waals surface area contributed by atoms with Crippen molar-refractivity contribution in [2.45, 2.75) is 20.4 Å². The summed E-state index contributed by atoms with van der Waals surface area (Å²) in [5, 5.41) is 13.8. The van der Waals surface area contributed by atoms with Gasteiger partial charge in [-0.25, -0.2) is 9.18 Å². The summed E-state index contributed by atoms with van der Waals surface area (Å²) >= 11 is 0. The van der Waals surface area contributed by atoms with E-state index in [9.17, 15) is 9.18 Å². The van der Waals surface area contributed by atoms with Crippen LogP contribution >= 0.6 is 0 Å². The van der Waals surface area contributed by atoms with Crippen LogP contribution in [0.1, 0.15) is 25.0 Å². The number of urea groups is 1. The maximum atomic E-state index is 13.5. The molecule has 4 nitrogen and oxygen atoms in total. The van der Waals surface area contributed by atoms with Gasteiger partial charge in [-0.2, -0.15) is 5.26 Å². The first-order valence-electron chi connectivity index (χ1n) is 5.73. The number of nitriles is 1. The molecule has 0 aliphatic carbocycles. The standard InChI is InChI=1S/C13H16FN3O/c1-9(2)7-16-13(18)17-8-11-4-3-10(6-15)5-12(11)14/h3-5,9H,7-8H2,1-2H3,(H2,16,17,18). The monoisotopic (exact) mass is 249 g/mol. The van der Waals surface area contributed by atoms with Crippen LogP contribution in [-0.4, -0.2) is 12.6 Å². The van der Waals surface area contributed by atoms with Crippen LogP contribution in [0, 0.1) is 23.1 Å². The number of nitrogens with one attached hydrogen (secondary N) is 2. The molecule has 2 amide bonds. The number of nitrogens with zero attached hydrogens (tertiary/aromatic N) is 1. The van der Waals surface area contributed by atoms with Crippen LogP contribution in [0.3, 0.4) is 0 Å². The maximum absolute atomic E-state index is 13.5. The molecule has 1 aromatic carbocycles. The van der Waals surface area contributed by atoms with E-state index in [0.29, 0.717) is 18.0 Å². The van der Waals surface area contributed by atoms with Crippen LogP contribution in [0.5, 0.6) is 0 Å². The zero-order valence-electron chi connectivity index (χ0n) is 10.5. The Labute approximate surface area is 106 Å². The first-order chi connectivity index (χ1) is 8.52. The van der Waals surface area contributed by atoms with Gasteiger partial charge in [0.05, 0.1) is 11.6 Å². The molecular weight excluding hydrogens is 233 g/mol. The highest BCUT2D eigenvalue weighted by atomic mass is 19.1. The van der Waals surface area contributed by atoms with Crippen LogP contribution in [0.25, 0.3) is 0 Å². The highest BCUT2D eigenvalue weighted by Crippen LogP contribution is 2.09. The number of hydrogen-bond donors (Lipinski definition) is 2. The van der Waals surface area contributed by atoms with Gasteiger partial charge in [-0.1, -0.05) is 19.9 Å². The molecule has 1 aromatic rings. The van der Waals surface area contributed by atoms with E-state index in [1.54, 1.807) is 0 Å².